The molecule has 3 nitrogen and oxygen atoms in total. The largest absolute Gasteiger partial charge is 0.439 e. The van der Waals surface area contributed by atoms with Crippen molar-refractivity contribution in [2.24, 2.45) is 0 Å². The molecule has 2 aromatic rings. The number of ether oxygens (including phenoxy) is 1. The van der Waals surface area contributed by atoms with E-state index in [1.807, 2.05) is 0 Å². The third-order valence-corrected chi connectivity index (χ3v) is 2.95. The average molecular weight is 347 g/mol. The number of rotatable bonds is 3. The van der Waals surface area contributed by atoms with Crippen LogP contribution in [0.3, 0.4) is 0 Å². The standard InChI is InChI=1S/C13H10BrF3N2O/c1-18-11-6-8(13(15,16)17)7-12(19-11)20-10-4-2-9(14)3-5-10/h2-7H,1H3,(H,18,19). The molecule has 2 rings (SSSR count). The second-order valence-corrected chi connectivity index (χ2v) is 4.80. The Morgan fingerprint density at radius 2 is 1.80 bits per heavy atom. The van der Waals surface area contributed by atoms with Gasteiger partial charge in [-0.25, -0.2) is 0 Å². The molecule has 1 heterocycles. The van der Waals surface area contributed by atoms with Gasteiger partial charge in [-0.15, -0.1) is 0 Å². The van der Waals surface area contributed by atoms with Gasteiger partial charge in [0.05, 0.1) is 5.56 Å². The van der Waals surface area contributed by atoms with Crippen LogP contribution in [0.5, 0.6) is 11.6 Å². The number of benzene rings is 1. The molecule has 0 aliphatic rings. The van der Waals surface area contributed by atoms with Crippen LogP contribution in [0.2, 0.25) is 0 Å². The van der Waals surface area contributed by atoms with E-state index in [9.17, 15) is 13.2 Å². The van der Waals surface area contributed by atoms with Crippen LogP contribution in [-0.2, 0) is 6.18 Å². The van der Waals surface area contributed by atoms with Gasteiger partial charge in [0, 0.05) is 17.6 Å². The maximum atomic E-state index is 12.8. The lowest BCUT2D eigenvalue weighted by molar-refractivity contribution is -0.137. The molecule has 0 radical (unpaired) electrons. The lowest BCUT2D eigenvalue weighted by Gasteiger charge is -2.11. The monoisotopic (exact) mass is 346 g/mol. The maximum Gasteiger partial charge on any atom is 0.416 e. The molecule has 20 heavy (non-hydrogen) atoms. The molecule has 0 amide bonds. The Morgan fingerprint density at radius 1 is 1.15 bits per heavy atom. The Hall–Kier alpha value is -1.76. The van der Waals surface area contributed by atoms with Gasteiger partial charge in [0.1, 0.15) is 11.6 Å². The third-order valence-electron chi connectivity index (χ3n) is 2.42. The zero-order valence-corrected chi connectivity index (χ0v) is 11.9. The Labute approximate surface area is 121 Å². The highest BCUT2D eigenvalue weighted by atomic mass is 79.9. The van der Waals surface area contributed by atoms with Crippen molar-refractivity contribution in [3.8, 4) is 11.6 Å². The van der Waals surface area contributed by atoms with Gasteiger partial charge in [0.25, 0.3) is 0 Å². The molecule has 0 saturated carbocycles. The number of pyridine rings is 1. The fourth-order valence-electron chi connectivity index (χ4n) is 1.47. The van der Waals surface area contributed by atoms with E-state index in [1.54, 1.807) is 24.3 Å². The lowest BCUT2D eigenvalue weighted by atomic mass is 10.2. The summed E-state index contributed by atoms with van der Waals surface area (Å²) in [5.74, 6) is 0.375. The minimum absolute atomic E-state index is 0.0898. The van der Waals surface area contributed by atoms with Gasteiger partial charge in [-0.1, -0.05) is 15.9 Å². The van der Waals surface area contributed by atoms with Crippen LogP contribution in [-0.4, -0.2) is 12.0 Å². The van der Waals surface area contributed by atoms with Crippen LogP contribution in [0.4, 0.5) is 19.0 Å². The van der Waals surface area contributed by atoms with Crippen LogP contribution < -0.4 is 10.1 Å². The van der Waals surface area contributed by atoms with Gasteiger partial charge in [-0.05, 0) is 30.3 Å². The quantitative estimate of drug-likeness (QED) is 0.874. The molecule has 0 spiro atoms. The van der Waals surface area contributed by atoms with Gasteiger partial charge in [0.15, 0.2) is 0 Å². The Balaban J connectivity index is 2.33. The number of halogens is 4. The molecule has 1 N–H and O–H groups in total. The van der Waals surface area contributed by atoms with Crippen molar-refractivity contribution in [3.05, 3.63) is 46.4 Å². The van der Waals surface area contributed by atoms with Crippen LogP contribution in [0.25, 0.3) is 0 Å². The topological polar surface area (TPSA) is 34.1 Å². The summed E-state index contributed by atoms with van der Waals surface area (Å²) in [4.78, 5) is 3.94. The lowest BCUT2D eigenvalue weighted by Crippen LogP contribution is -2.07. The highest BCUT2D eigenvalue weighted by molar-refractivity contribution is 9.10. The fourth-order valence-corrected chi connectivity index (χ4v) is 1.74. The smallest absolute Gasteiger partial charge is 0.416 e. The summed E-state index contributed by atoms with van der Waals surface area (Å²) in [6, 6.07) is 8.50. The molecule has 1 aromatic heterocycles. The first-order valence-corrected chi connectivity index (χ1v) is 6.38. The molecule has 1 aromatic carbocycles. The molecular weight excluding hydrogens is 337 g/mol. The van der Waals surface area contributed by atoms with Gasteiger partial charge in [-0.2, -0.15) is 18.2 Å². The van der Waals surface area contributed by atoms with Crippen molar-refractivity contribution in [1.82, 2.24) is 4.98 Å². The number of alkyl halides is 3. The zero-order valence-electron chi connectivity index (χ0n) is 10.3. The summed E-state index contributed by atoms with van der Waals surface area (Å²) >= 11 is 3.26. The van der Waals surface area contributed by atoms with Crippen LogP contribution >= 0.6 is 15.9 Å². The van der Waals surface area contributed by atoms with E-state index in [1.165, 1.54) is 7.05 Å². The Kier molecular flexibility index (Phi) is 4.17. The number of anilines is 1. The first-order valence-electron chi connectivity index (χ1n) is 5.59. The number of hydrogen-bond acceptors (Lipinski definition) is 3. The van der Waals surface area contributed by atoms with E-state index < -0.39 is 11.7 Å². The van der Waals surface area contributed by atoms with E-state index in [0.717, 1.165) is 16.6 Å². The van der Waals surface area contributed by atoms with Crippen LogP contribution in [0, 0.1) is 0 Å². The average Bonchev–Trinajstić information content (AvgIpc) is 2.40. The first-order chi connectivity index (χ1) is 9.38. The Morgan fingerprint density at radius 3 is 2.35 bits per heavy atom. The van der Waals surface area contributed by atoms with Crippen molar-refractivity contribution in [3.63, 3.8) is 0 Å². The third kappa shape index (κ3) is 3.63. The van der Waals surface area contributed by atoms with E-state index in [2.05, 4.69) is 26.2 Å². The van der Waals surface area contributed by atoms with Gasteiger partial charge < -0.3 is 10.1 Å². The second-order valence-electron chi connectivity index (χ2n) is 3.88. The molecule has 0 unspecified atom stereocenters. The van der Waals surface area contributed by atoms with Gasteiger partial charge in [-0.3, -0.25) is 0 Å². The van der Waals surface area contributed by atoms with Crippen molar-refractivity contribution in [2.75, 3.05) is 12.4 Å². The van der Waals surface area contributed by atoms with Crippen molar-refractivity contribution < 1.29 is 17.9 Å². The summed E-state index contributed by atoms with van der Waals surface area (Å²) in [5.41, 5.74) is -0.816. The van der Waals surface area contributed by atoms with E-state index in [-0.39, 0.29) is 11.7 Å². The number of aromatic nitrogens is 1. The van der Waals surface area contributed by atoms with E-state index in [4.69, 9.17) is 4.74 Å². The molecule has 0 atom stereocenters. The summed E-state index contributed by atoms with van der Waals surface area (Å²) in [6.45, 7) is 0. The normalized spacial score (nSPS) is 11.2. The Bertz CT molecular complexity index is 600. The first kappa shape index (κ1) is 14.6. The predicted molar refractivity (Wildman–Crippen MR) is 73.0 cm³/mol. The molecule has 0 fully saturated rings. The SMILES string of the molecule is CNc1cc(C(F)(F)F)cc(Oc2ccc(Br)cc2)n1. The summed E-state index contributed by atoms with van der Waals surface area (Å²) < 4.78 is 44.5. The minimum Gasteiger partial charge on any atom is -0.439 e. The highest BCUT2D eigenvalue weighted by Gasteiger charge is 2.32. The number of nitrogens with zero attached hydrogens (tertiary/aromatic N) is 1. The van der Waals surface area contributed by atoms with Crippen molar-refractivity contribution >= 4 is 21.7 Å². The zero-order chi connectivity index (χ0) is 14.8. The molecule has 0 aliphatic heterocycles. The summed E-state index contributed by atoms with van der Waals surface area (Å²) in [5, 5.41) is 2.58. The number of hydrogen-bond donors (Lipinski definition) is 1. The minimum atomic E-state index is -4.45. The van der Waals surface area contributed by atoms with E-state index >= 15 is 0 Å². The maximum absolute atomic E-state index is 12.8. The van der Waals surface area contributed by atoms with Crippen LogP contribution in [0.15, 0.2) is 40.9 Å². The number of nitrogens with one attached hydrogen (secondary N) is 1. The van der Waals surface area contributed by atoms with Crippen molar-refractivity contribution in [1.29, 1.82) is 0 Å². The second kappa shape index (κ2) is 5.70. The highest BCUT2D eigenvalue weighted by Crippen LogP contribution is 2.33. The van der Waals surface area contributed by atoms with Crippen LogP contribution in [0.1, 0.15) is 5.56 Å². The molecule has 0 aliphatic carbocycles. The molecule has 0 bridgehead atoms. The fraction of sp³-hybridized carbons (Fsp3) is 0.154. The van der Waals surface area contributed by atoms with Gasteiger partial charge >= 0.3 is 6.18 Å². The molecule has 106 valence electrons. The van der Waals surface area contributed by atoms with Crippen molar-refractivity contribution in [2.45, 2.75) is 6.18 Å². The molecular formula is C13H10BrF3N2O. The molecule has 0 saturated heterocycles. The summed E-state index contributed by atoms with van der Waals surface area (Å²) in [6.07, 6.45) is -4.45. The predicted octanol–water partition coefficient (Wildman–Crippen LogP) is 4.70. The van der Waals surface area contributed by atoms with Gasteiger partial charge in [0.2, 0.25) is 5.88 Å². The molecule has 7 heteroatoms. The summed E-state index contributed by atoms with van der Waals surface area (Å²) in [7, 11) is 1.49. The van der Waals surface area contributed by atoms with E-state index in [0.29, 0.717) is 5.75 Å².